The molecule has 9 heteroatoms. The number of hydrogen-bond donors (Lipinski definition) is 1. The summed E-state index contributed by atoms with van der Waals surface area (Å²) < 4.78 is 11.5. The van der Waals surface area contributed by atoms with Gasteiger partial charge in [0, 0.05) is 10.4 Å². The van der Waals surface area contributed by atoms with Crippen LogP contribution in [0.1, 0.15) is 18.0 Å². The van der Waals surface area contributed by atoms with Crippen LogP contribution in [0.15, 0.2) is 64.1 Å². The molecule has 158 valence electrons. The molecule has 0 saturated carbocycles. The second-order valence-electron chi connectivity index (χ2n) is 6.91. The fraction of sp³-hybridized carbons (Fsp3) is 0.182. The van der Waals surface area contributed by atoms with Crippen LogP contribution in [0.25, 0.3) is 22.1 Å². The maximum atomic E-state index is 12.8. The third-order valence-corrected chi connectivity index (χ3v) is 5.12. The number of ether oxygens (including phenoxy) is 1. The fourth-order valence-electron chi connectivity index (χ4n) is 3.32. The molecule has 1 amide bonds. The van der Waals surface area contributed by atoms with E-state index in [-0.39, 0.29) is 18.5 Å². The van der Waals surface area contributed by atoms with Crippen molar-refractivity contribution in [1.82, 2.24) is 14.9 Å². The lowest BCUT2D eigenvalue weighted by Gasteiger charge is -2.18. The summed E-state index contributed by atoms with van der Waals surface area (Å²) in [6, 6.07) is 13.3. The van der Waals surface area contributed by atoms with E-state index in [4.69, 9.17) is 20.8 Å². The van der Waals surface area contributed by atoms with Crippen molar-refractivity contribution in [3.63, 3.8) is 0 Å². The van der Waals surface area contributed by atoms with Crippen LogP contribution >= 0.6 is 11.6 Å². The smallest absolute Gasteiger partial charge is 0.307 e. The molecule has 8 nitrogen and oxygen atoms in total. The number of hydrogen-bond acceptors (Lipinski definition) is 6. The van der Waals surface area contributed by atoms with Crippen LogP contribution in [0.3, 0.4) is 0 Å². The Morgan fingerprint density at radius 1 is 1.19 bits per heavy atom. The number of aromatic nitrogens is 2. The molecule has 4 rings (SSSR count). The number of para-hydroxylation sites is 1. The molecule has 2 aromatic heterocycles. The minimum atomic E-state index is -0.643. The van der Waals surface area contributed by atoms with Crippen molar-refractivity contribution >= 4 is 45.5 Å². The highest BCUT2D eigenvalue weighted by Crippen LogP contribution is 2.24. The van der Waals surface area contributed by atoms with Crippen molar-refractivity contribution in [3.8, 4) is 0 Å². The number of esters is 1. The number of carbonyl (C=O) groups is 2. The zero-order valence-electron chi connectivity index (χ0n) is 16.5. The first-order valence-corrected chi connectivity index (χ1v) is 9.82. The molecule has 31 heavy (non-hydrogen) atoms. The molecular weight excluding hydrogens is 422 g/mol. The Hall–Kier alpha value is -3.65. The Morgan fingerprint density at radius 2 is 1.94 bits per heavy atom. The predicted octanol–water partition coefficient (Wildman–Crippen LogP) is 3.22. The Balaban J connectivity index is 1.58. The van der Waals surface area contributed by atoms with Gasteiger partial charge in [0.05, 0.1) is 25.9 Å². The van der Waals surface area contributed by atoms with Gasteiger partial charge in [0.2, 0.25) is 11.5 Å². The molecule has 4 aromatic rings. The topological polar surface area (TPSA) is 103 Å². The zero-order chi connectivity index (χ0) is 22.0. The van der Waals surface area contributed by atoms with Gasteiger partial charge in [-0.3, -0.25) is 19.0 Å². The molecular formula is C22H18ClN3O5. The summed E-state index contributed by atoms with van der Waals surface area (Å²) >= 11 is 5.92. The van der Waals surface area contributed by atoms with E-state index in [1.165, 1.54) is 13.4 Å². The Kier molecular flexibility index (Phi) is 5.73. The first kappa shape index (κ1) is 20.6. The van der Waals surface area contributed by atoms with Crippen molar-refractivity contribution < 1.29 is 18.7 Å². The van der Waals surface area contributed by atoms with Gasteiger partial charge in [-0.1, -0.05) is 35.9 Å². The van der Waals surface area contributed by atoms with Crippen LogP contribution in [-0.4, -0.2) is 28.5 Å². The fourth-order valence-corrected chi connectivity index (χ4v) is 3.45. The van der Waals surface area contributed by atoms with Gasteiger partial charge in [-0.15, -0.1) is 0 Å². The maximum absolute atomic E-state index is 12.8. The lowest BCUT2D eigenvalue weighted by molar-refractivity contribution is -0.141. The molecule has 0 fully saturated rings. The summed E-state index contributed by atoms with van der Waals surface area (Å²) in [5, 5.41) is 4.03. The average molecular weight is 440 g/mol. The SMILES string of the molecule is COC(=O)CC(NC(=O)Cn1cnc2c(oc3ccccc32)c1=O)c1ccc(Cl)cc1. The van der Waals surface area contributed by atoms with Gasteiger partial charge >= 0.3 is 5.97 Å². The number of benzene rings is 2. The van der Waals surface area contributed by atoms with Crippen LogP contribution in [0.5, 0.6) is 0 Å². The molecule has 0 aliphatic heterocycles. The third kappa shape index (κ3) is 4.29. The molecule has 1 unspecified atom stereocenters. The lowest BCUT2D eigenvalue weighted by atomic mass is 10.0. The number of nitrogens with one attached hydrogen (secondary N) is 1. The molecule has 1 N–H and O–H groups in total. The summed E-state index contributed by atoms with van der Waals surface area (Å²) in [4.78, 5) is 41.6. The van der Waals surface area contributed by atoms with Crippen molar-refractivity contribution in [2.75, 3.05) is 7.11 Å². The standard InChI is InChI=1S/C22H18ClN3O5/c1-30-19(28)10-16(13-6-8-14(23)9-7-13)25-18(27)11-26-12-24-20-15-4-2-3-5-17(15)31-21(20)22(26)29/h2-9,12,16H,10-11H2,1H3,(H,25,27). The Labute approximate surface area is 181 Å². The molecule has 1 atom stereocenters. The quantitative estimate of drug-likeness (QED) is 0.463. The summed E-state index contributed by atoms with van der Waals surface area (Å²) in [5.41, 5.74) is 1.29. The van der Waals surface area contributed by atoms with Crippen LogP contribution in [0.4, 0.5) is 0 Å². The number of amides is 1. The van der Waals surface area contributed by atoms with Gasteiger partial charge in [0.1, 0.15) is 17.6 Å². The Morgan fingerprint density at radius 3 is 2.68 bits per heavy atom. The lowest BCUT2D eigenvalue weighted by Crippen LogP contribution is -2.35. The van der Waals surface area contributed by atoms with Gasteiger partial charge in [0.15, 0.2) is 0 Å². The predicted molar refractivity (Wildman–Crippen MR) is 115 cm³/mol. The molecule has 2 aromatic carbocycles. The van der Waals surface area contributed by atoms with Gasteiger partial charge in [-0.05, 0) is 29.8 Å². The minimum Gasteiger partial charge on any atom is -0.469 e. The molecule has 0 aliphatic carbocycles. The van der Waals surface area contributed by atoms with Crippen LogP contribution in [0, 0.1) is 0 Å². The van der Waals surface area contributed by atoms with Crippen molar-refractivity contribution in [3.05, 3.63) is 75.8 Å². The largest absolute Gasteiger partial charge is 0.469 e. The molecule has 0 radical (unpaired) electrons. The number of fused-ring (bicyclic) bond motifs is 3. The van der Waals surface area contributed by atoms with Crippen LogP contribution < -0.4 is 10.9 Å². The highest BCUT2D eigenvalue weighted by atomic mass is 35.5. The van der Waals surface area contributed by atoms with E-state index < -0.39 is 23.5 Å². The second-order valence-corrected chi connectivity index (χ2v) is 7.34. The molecule has 2 heterocycles. The van der Waals surface area contributed by atoms with E-state index >= 15 is 0 Å². The van der Waals surface area contributed by atoms with Gasteiger partial charge in [-0.25, -0.2) is 4.98 Å². The number of methoxy groups -OCH3 is 1. The molecule has 0 saturated heterocycles. The number of halogens is 1. The highest BCUT2D eigenvalue weighted by molar-refractivity contribution is 6.30. The summed E-state index contributed by atoms with van der Waals surface area (Å²) in [5.74, 6) is -0.953. The minimum absolute atomic E-state index is 0.0698. The molecule has 0 spiro atoms. The van der Waals surface area contributed by atoms with Crippen molar-refractivity contribution in [2.24, 2.45) is 0 Å². The van der Waals surface area contributed by atoms with E-state index in [0.29, 0.717) is 21.7 Å². The number of rotatable bonds is 6. The summed E-state index contributed by atoms with van der Waals surface area (Å²) in [6.07, 6.45) is 1.24. The van der Waals surface area contributed by atoms with Gasteiger partial charge < -0.3 is 14.5 Å². The number of furan rings is 1. The van der Waals surface area contributed by atoms with E-state index in [2.05, 4.69) is 10.3 Å². The van der Waals surface area contributed by atoms with Crippen LogP contribution in [0.2, 0.25) is 5.02 Å². The zero-order valence-corrected chi connectivity index (χ0v) is 17.3. The second kappa shape index (κ2) is 8.61. The van der Waals surface area contributed by atoms with Crippen molar-refractivity contribution in [2.45, 2.75) is 19.0 Å². The number of nitrogens with zero attached hydrogens (tertiary/aromatic N) is 2. The first-order chi connectivity index (χ1) is 15.0. The highest BCUT2D eigenvalue weighted by Gasteiger charge is 2.20. The monoisotopic (exact) mass is 439 g/mol. The maximum Gasteiger partial charge on any atom is 0.307 e. The van der Waals surface area contributed by atoms with E-state index in [1.54, 1.807) is 36.4 Å². The van der Waals surface area contributed by atoms with Crippen molar-refractivity contribution in [1.29, 1.82) is 0 Å². The van der Waals surface area contributed by atoms with Gasteiger partial charge in [-0.2, -0.15) is 0 Å². The summed E-state index contributed by atoms with van der Waals surface area (Å²) in [6.45, 7) is -0.288. The van der Waals surface area contributed by atoms with Gasteiger partial charge in [0.25, 0.3) is 5.56 Å². The molecule has 0 aliphatic rings. The normalized spacial score (nSPS) is 12.1. The number of carbonyl (C=O) groups excluding carboxylic acids is 2. The van der Waals surface area contributed by atoms with E-state index in [0.717, 1.165) is 9.95 Å². The van der Waals surface area contributed by atoms with E-state index in [9.17, 15) is 14.4 Å². The molecule has 0 bridgehead atoms. The third-order valence-electron chi connectivity index (χ3n) is 4.87. The Bertz CT molecular complexity index is 1330. The van der Waals surface area contributed by atoms with Crippen LogP contribution in [-0.2, 0) is 20.9 Å². The summed E-state index contributed by atoms with van der Waals surface area (Å²) in [7, 11) is 1.27. The first-order valence-electron chi connectivity index (χ1n) is 9.44. The van der Waals surface area contributed by atoms with E-state index in [1.807, 2.05) is 12.1 Å². The average Bonchev–Trinajstić information content (AvgIpc) is 3.15.